The molecule has 7 rings (SSSR count). The number of hydrogen-bond donors (Lipinski definition) is 0. The van der Waals surface area contributed by atoms with Crippen molar-refractivity contribution in [2.45, 2.75) is 61.3 Å². The van der Waals surface area contributed by atoms with Crippen molar-refractivity contribution in [3.05, 3.63) is 131 Å². The number of nitrogens with zero attached hydrogens (tertiary/aromatic N) is 4. The van der Waals surface area contributed by atoms with E-state index in [0.717, 1.165) is 51.7 Å². The van der Waals surface area contributed by atoms with Crippen molar-refractivity contribution in [2.75, 3.05) is 0 Å². The first-order chi connectivity index (χ1) is 23.1. The Kier molecular flexibility index (Phi) is 9.95. The summed E-state index contributed by atoms with van der Waals surface area (Å²) in [6.45, 7) is 15.4. The van der Waals surface area contributed by atoms with E-state index in [0.29, 0.717) is 23.3 Å². The van der Waals surface area contributed by atoms with E-state index < -0.39 is 0 Å². The van der Waals surface area contributed by atoms with E-state index in [-0.39, 0.29) is 21.1 Å². The SMILES string of the molecule is Cc1cc(C)c(-c2cnn(-c3[c-]c(Oc4[c-]c5c(cc4)c4ccccc4n5-c4cc(CC(C)C)ccn4)cc(CC(C)C)c3)c2)c(C)c1.[Pt+2]. The minimum Gasteiger partial charge on any atom is -0.509 e. The number of para-hydroxylation sites is 1. The molecule has 250 valence electrons. The van der Waals surface area contributed by atoms with Crippen LogP contribution in [0, 0.1) is 44.7 Å². The zero-order valence-corrected chi connectivity index (χ0v) is 31.5. The quantitative estimate of drug-likeness (QED) is 0.136. The molecule has 3 heterocycles. The van der Waals surface area contributed by atoms with E-state index in [9.17, 15) is 0 Å². The number of rotatable bonds is 9. The molecule has 0 bridgehead atoms. The molecule has 6 heteroatoms. The molecule has 0 saturated heterocycles. The van der Waals surface area contributed by atoms with Crippen LogP contribution in [0.15, 0.2) is 91.4 Å². The predicted molar refractivity (Wildman–Crippen MR) is 197 cm³/mol. The molecular weight excluding hydrogens is 784 g/mol. The first-order valence-electron chi connectivity index (χ1n) is 16.9. The maximum Gasteiger partial charge on any atom is 2.00 e. The molecule has 0 radical (unpaired) electrons. The summed E-state index contributed by atoms with van der Waals surface area (Å²) in [5.41, 5.74) is 11.4. The first kappa shape index (κ1) is 34.4. The summed E-state index contributed by atoms with van der Waals surface area (Å²) >= 11 is 0. The summed E-state index contributed by atoms with van der Waals surface area (Å²) in [5, 5.41) is 7.05. The fourth-order valence-corrected chi connectivity index (χ4v) is 7.04. The van der Waals surface area contributed by atoms with Crippen LogP contribution in [-0.2, 0) is 33.9 Å². The fraction of sp³-hybridized carbons (Fsp3) is 0.256. The van der Waals surface area contributed by atoms with Gasteiger partial charge in [0.2, 0.25) is 0 Å². The number of ether oxygens (including phenoxy) is 1. The van der Waals surface area contributed by atoms with Crippen LogP contribution in [0.1, 0.15) is 55.5 Å². The summed E-state index contributed by atoms with van der Waals surface area (Å²) < 4.78 is 10.7. The van der Waals surface area contributed by atoms with Crippen molar-refractivity contribution in [1.82, 2.24) is 19.3 Å². The van der Waals surface area contributed by atoms with Gasteiger partial charge in [-0.25, -0.2) is 4.98 Å². The van der Waals surface area contributed by atoms with Gasteiger partial charge in [-0.05, 0) is 97.0 Å². The number of aromatic nitrogens is 4. The molecule has 4 aromatic carbocycles. The van der Waals surface area contributed by atoms with Gasteiger partial charge in [-0.1, -0.05) is 69.1 Å². The topological polar surface area (TPSA) is 44.9 Å². The van der Waals surface area contributed by atoms with Gasteiger partial charge in [0, 0.05) is 35.0 Å². The maximum absolute atomic E-state index is 6.59. The van der Waals surface area contributed by atoms with Gasteiger partial charge in [0.15, 0.2) is 0 Å². The Hall–Kier alpha value is -4.47. The van der Waals surface area contributed by atoms with Crippen LogP contribution >= 0.6 is 0 Å². The van der Waals surface area contributed by atoms with Crippen molar-refractivity contribution < 1.29 is 25.8 Å². The predicted octanol–water partition coefficient (Wildman–Crippen LogP) is 10.7. The van der Waals surface area contributed by atoms with Crippen molar-refractivity contribution in [2.24, 2.45) is 11.8 Å². The van der Waals surface area contributed by atoms with Gasteiger partial charge in [0.25, 0.3) is 0 Å². The average molecular weight is 826 g/mol. The molecule has 0 amide bonds. The Labute approximate surface area is 304 Å². The summed E-state index contributed by atoms with van der Waals surface area (Å²) in [4.78, 5) is 4.81. The number of aryl methyl sites for hydroxylation is 3. The Bertz CT molecular complexity index is 2250. The number of hydrogen-bond acceptors (Lipinski definition) is 3. The molecule has 7 aromatic rings. The maximum atomic E-state index is 6.59. The minimum absolute atomic E-state index is 0. The largest absolute Gasteiger partial charge is 2.00 e. The van der Waals surface area contributed by atoms with Crippen molar-refractivity contribution in [3.8, 4) is 34.1 Å². The molecule has 0 fully saturated rings. The van der Waals surface area contributed by atoms with Crippen LogP contribution < -0.4 is 4.74 Å². The summed E-state index contributed by atoms with van der Waals surface area (Å²) in [7, 11) is 0. The van der Waals surface area contributed by atoms with Gasteiger partial charge >= 0.3 is 21.1 Å². The third-order valence-corrected chi connectivity index (χ3v) is 8.79. The summed E-state index contributed by atoms with van der Waals surface area (Å²) in [6, 6.07) is 32.7. The van der Waals surface area contributed by atoms with Gasteiger partial charge in [-0.2, -0.15) is 16.7 Å². The second-order valence-corrected chi connectivity index (χ2v) is 13.9. The van der Waals surface area contributed by atoms with Crippen LogP contribution in [0.3, 0.4) is 0 Å². The van der Waals surface area contributed by atoms with E-state index in [1.54, 1.807) is 0 Å². The Balaban J connectivity index is 0.00000417. The zero-order chi connectivity index (χ0) is 33.5. The smallest absolute Gasteiger partial charge is 0.509 e. The van der Waals surface area contributed by atoms with Crippen LogP contribution in [0.5, 0.6) is 11.5 Å². The van der Waals surface area contributed by atoms with Gasteiger partial charge in [-0.3, -0.25) is 4.68 Å². The molecule has 0 N–H and O–H groups in total. The molecule has 0 unspecified atom stereocenters. The summed E-state index contributed by atoms with van der Waals surface area (Å²) in [6.07, 6.45) is 7.86. The van der Waals surface area contributed by atoms with Crippen molar-refractivity contribution in [3.63, 3.8) is 0 Å². The summed E-state index contributed by atoms with van der Waals surface area (Å²) in [5.74, 6) is 3.19. The first-order valence-corrected chi connectivity index (χ1v) is 16.9. The standard InChI is InChI=1S/C43H42N4O.Pt/c1-27(2)16-32-14-15-44-42(22-32)47-40-11-9-8-10-38(40)39-13-12-36(24-41(39)47)48-37-21-33(17-28(3)4)20-35(23-37)46-26-34(25-45-46)43-30(6)18-29(5)19-31(43)7;/h8-15,18-22,25-28H,16-17H2,1-7H3;/q-2;+2. The van der Waals surface area contributed by atoms with Crippen molar-refractivity contribution in [1.29, 1.82) is 0 Å². The van der Waals surface area contributed by atoms with Crippen LogP contribution in [0.2, 0.25) is 0 Å². The van der Waals surface area contributed by atoms with Gasteiger partial charge in [0.05, 0.1) is 6.20 Å². The van der Waals surface area contributed by atoms with E-state index in [1.165, 1.54) is 33.4 Å². The monoisotopic (exact) mass is 825 g/mol. The molecule has 49 heavy (non-hydrogen) atoms. The molecule has 3 aromatic heterocycles. The van der Waals surface area contributed by atoms with Crippen LogP contribution in [0.25, 0.3) is 44.4 Å². The fourth-order valence-electron chi connectivity index (χ4n) is 7.04. The second kappa shape index (κ2) is 14.2. The van der Waals surface area contributed by atoms with E-state index >= 15 is 0 Å². The van der Waals surface area contributed by atoms with Crippen LogP contribution in [0.4, 0.5) is 0 Å². The second-order valence-electron chi connectivity index (χ2n) is 13.9. The molecule has 5 nitrogen and oxygen atoms in total. The van der Waals surface area contributed by atoms with E-state index in [1.807, 2.05) is 23.1 Å². The Morgan fingerprint density at radius 1 is 0.755 bits per heavy atom. The molecule has 0 aliphatic rings. The van der Waals surface area contributed by atoms with Gasteiger partial charge in [0.1, 0.15) is 5.82 Å². The van der Waals surface area contributed by atoms with Crippen LogP contribution in [-0.4, -0.2) is 19.3 Å². The number of pyridine rings is 1. The normalized spacial score (nSPS) is 11.5. The molecule has 0 saturated carbocycles. The molecule has 0 aliphatic carbocycles. The van der Waals surface area contributed by atoms with E-state index in [4.69, 9.17) is 14.8 Å². The third-order valence-electron chi connectivity index (χ3n) is 8.79. The average Bonchev–Trinajstić information content (AvgIpc) is 3.63. The number of benzene rings is 4. The van der Waals surface area contributed by atoms with Gasteiger partial charge < -0.3 is 9.30 Å². The zero-order valence-electron chi connectivity index (χ0n) is 29.2. The molecule has 0 atom stereocenters. The molecule has 0 aliphatic heterocycles. The number of fused-ring (bicyclic) bond motifs is 3. The third kappa shape index (κ3) is 7.14. The van der Waals surface area contributed by atoms with Gasteiger partial charge in [-0.15, -0.1) is 35.7 Å². The van der Waals surface area contributed by atoms with E-state index in [2.05, 4.69) is 138 Å². The molecule has 0 spiro atoms. The molecular formula is C43H42N4OPt. The Morgan fingerprint density at radius 3 is 2.24 bits per heavy atom. The van der Waals surface area contributed by atoms with Crippen molar-refractivity contribution >= 4 is 21.8 Å². The minimum atomic E-state index is 0. The Morgan fingerprint density at radius 2 is 1.49 bits per heavy atom.